The summed E-state index contributed by atoms with van der Waals surface area (Å²) >= 11 is 0. The molecule has 0 aliphatic heterocycles. The molecule has 6 heteroatoms. The molecule has 20 heavy (non-hydrogen) atoms. The molecule has 0 fully saturated rings. The standard InChI is InChI=1S/C14H17NO4S/c1-20(18)6-2-5-15-9-10-3-4-12-11(7-10)8-13(19-12)14(16)17/h3-4,7-8,15H,2,5-6,9H2,1H3,(H,16,17). The van der Waals surface area contributed by atoms with E-state index in [0.717, 1.165) is 23.9 Å². The van der Waals surface area contributed by atoms with Gasteiger partial charge in [-0.05, 0) is 36.7 Å². The average Bonchev–Trinajstić information content (AvgIpc) is 2.81. The van der Waals surface area contributed by atoms with Gasteiger partial charge in [-0.3, -0.25) is 4.21 Å². The lowest BCUT2D eigenvalue weighted by molar-refractivity contribution is 0.0665. The van der Waals surface area contributed by atoms with Gasteiger partial charge in [-0.1, -0.05) is 6.07 Å². The molecule has 2 aromatic rings. The highest BCUT2D eigenvalue weighted by atomic mass is 32.2. The molecule has 0 amide bonds. The Morgan fingerprint density at radius 2 is 2.20 bits per heavy atom. The molecule has 2 rings (SSSR count). The van der Waals surface area contributed by atoms with Crippen molar-refractivity contribution in [2.75, 3.05) is 18.6 Å². The second kappa shape index (κ2) is 6.67. The van der Waals surface area contributed by atoms with Gasteiger partial charge in [-0.25, -0.2) is 4.79 Å². The molecule has 0 saturated heterocycles. The summed E-state index contributed by atoms with van der Waals surface area (Å²) < 4.78 is 16.1. The van der Waals surface area contributed by atoms with Crippen molar-refractivity contribution in [2.24, 2.45) is 0 Å². The van der Waals surface area contributed by atoms with E-state index in [1.54, 1.807) is 12.3 Å². The van der Waals surface area contributed by atoms with Crippen LogP contribution in [0.4, 0.5) is 0 Å². The second-order valence-corrected chi connectivity index (χ2v) is 6.15. The SMILES string of the molecule is CS(=O)CCCNCc1ccc2oc(C(=O)O)cc2c1. The van der Waals surface area contributed by atoms with Gasteiger partial charge in [0.05, 0.1) is 0 Å². The predicted octanol–water partition coefficient (Wildman–Crippen LogP) is 1.99. The molecule has 1 atom stereocenters. The Kier molecular flexibility index (Phi) is 4.92. The van der Waals surface area contributed by atoms with Crippen LogP contribution in [-0.4, -0.2) is 33.8 Å². The van der Waals surface area contributed by atoms with E-state index in [1.165, 1.54) is 6.07 Å². The van der Waals surface area contributed by atoms with E-state index in [-0.39, 0.29) is 5.76 Å². The smallest absolute Gasteiger partial charge is 0.371 e. The zero-order valence-electron chi connectivity index (χ0n) is 11.2. The van der Waals surface area contributed by atoms with Crippen LogP contribution < -0.4 is 5.32 Å². The Morgan fingerprint density at radius 1 is 1.40 bits per heavy atom. The monoisotopic (exact) mass is 295 g/mol. The van der Waals surface area contributed by atoms with Gasteiger partial charge in [0.25, 0.3) is 0 Å². The summed E-state index contributed by atoms with van der Waals surface area (Å²) in [5.74, 6) is -0.403. The second-order valence-electron chi connectivity index (χ2n) is 4.60. The first-order chi connectivity index (χ1) is 9.56. The van der Waals surface area contributed by atoms with Crippen molar-refractivity contribution < 1.29 is 18.5 Å². The molecule has 1 heterocycles. The number of carboxylic acids is 1. The lowest BCUT2D eigenvalue weighted by Gasteiger charge is -2.04. The number of carbonyl (C=O) groups is 1. The van der Waals surface area contributed by atoms with Gasteiger partial charge in [0.2, 0.25) is 5.76 Å². The van der Waals surface area contributed by atoms with Gasteiger partial charge in [0.15, 0.2) is 0 Å². The van der Waals surface area contributed by atoms with Crippen molar-refractivity contribution in [3.8, 4) is 0 Å². The molecule has 0 aliphatic carbocycles. The fourth-order valence-electron chi connectivity index (χ4n) is 1.94. The molecule has 1 aromatic heterocycles. The number of carboxylic acid groups (broad SMARTS) is 1. The molecule has 5 nitrogen and oxygen atoms in total. The molecule has 0 aliphatic rings. The van der Waals surface area contributed by atoms with Gasteiger partial charge in [-0.2, -0.15) is 0 Å². The Balaban J connectivity index is 1.94. The summed E-state index contributed by atoms with van der Waals surface area (Å²) in [6.45, 7) is 1.50. The van der Waals surface area contributed by atoms with Gasteiger partial charge in [0.1, 0.15) is 5.58 Å². The first kappa shape index (κ1) is 14.7. The van der Waals surface area contributed by atoms with Crippen molar-refractivity contribution in [1.29, 1.82) is 0 Å². The fourth-order valence-corrected chi connectivity index (χ4v) is 2.49. The number of benzene rings is 1. The third-order valence-corrected chi connectivity index (χ3v) is 3.77. The summed E-state index contributed by atoms with van der Waals surface area (Å²) in [5, 5.41) is 12.9. The molecular weight excluding hydrogens is 278 g/mol. The van der Waals surface area contributed by atoms with E-state index < -0.39 is 16.8 Å². The van der Waals surface area contributed by atoms with Crippen molar-refractivity contribution in [3.63, 3.8) is 0 Å². The fraction of sp³-hybridized carbons (Fsp3) is 0.357. The highest BCUT2D eigenvalue weighted by Gasteiger charge is 2.10. The van der Waals surface area contributed by atoms with Crippen molar-refractivity contribution in [3.05, 3.63) is 35.6 Å². The summed E-state index contributed by atoms with van der Waals surface area (Å²) in [6, 6.07) is 7.12. The van der Waals surface area contributed by atoms with Crippen LogP contribution in [0, 0.1) is 0 Å². The number of hydrogen-bond acceptors (Lipinski definition) is 4. The number of fused-ring (bicyclic) bond motifs is 1. The zero-order chi connectivity index (χ0) is 14.5. The largest absolute Gasteiger partial charge is 0.475 e. The van der Waals surface area contributed by atoms with E-state index in [4.69, 9.17) is 9.52 Å². The molecule has 0 saturated carbocycles. The minimum atomic E-state index is -1.06. The van der Waals surface area contributed by atoms with E-state index >= 15 is 0 Å². The van der Waals surface area contributed by atoms with Crippen LogP contribution in [0.3, 0.4) is 0 Å². The van der Waals surface area contributed by atoms with Crippen LogP contribution in [0.1, 0.15) is 22.5 Å². The number of aromatic carboxylic acids is 1. The van der Waals surface area contributed by atoms with E-state index in [0.29, 0.717) is 17.9 Å². The lowest BCUT2D eigenvalue weighted by Crippen LogP contribution is -2.16. The number of nitrogens with one attached hydrogen (secondary N) is 1. The topological polar surface area (TPSA) is 79.5 Å². The van der Waals surface area contributed by atoms with Gasteiger partial charge < -0.3 is 14.8 Å². The maximum Gasteiger partial charge on any atom is 0.371 e. The normalized spacial score (nSPS) is 12.7. The van der Waals surface area contributed by atoms with E-state index in [2.05, 4.69) is 5.32 Å². The summed E-state index contributed by atoms with van der Waals surface area (Å²) in [6.07, 6.45) is 2.58. The Labute approximate surface area is 119 Å². The van der Waals surface area contributed by atoms with Crippen LogP contribution >= 0.6 is 0 Å². The lowest BCUT2D eigenvalue weighted by atomic mass is 10.1. The van der Waals surface area contributed by atoms with Crippen molar-refractivity contribution in [1.82, 2.24) is 5.32 Å². The molecule has 2 N–H and O–H groups in total. The highest BCUT2D eigenvalue weighted by Crippen LogP contribution is 2.20. The number of hydrogen-bond donors (Lipinski definition) is 2. The van der Waals surface area contributed by atoms with Gasteiger partial charge >= 0.3 is 5.97 Å². The molecule has 0 spiro atoms. The molecule has 1 aromatic carbocycles. The first-order valence-corrected chi connectivity index (χ1v) is 8.05. The number of furan rings is 1. The average molecular weight is 295 g/mol. The predicted molar refractivity (Wildman–Crippen MR) is 78.4 cm³/mol. The Bertz CT molecular complexity index is 635. The molecular formula is C14H17NO4S. The summed E-state index contributed by atoms with van der Waals surface area (Å²) in [4.78, 5) is 10.8. The van der Waals surface area contributed by atoms with Crippen LogP contribution in [0.5, 0.6) is 0 Å². The van der Waals surface area contributed by atoms with Crippen LogP contribution in [0.25, 0.3) is 11.0 Å². The zero-order valence-corrected chi connectivity index (χ0v) is 12.0. The summed E-state index contributed by atoms with van der Waals surface area (Å²) in [7, 11) is -0.742. The first-order valence-electron chi connectivity index (χ1n) is 6.33. The van der Waals surface area contributed by atoms with E-state index in [9.17, 15) is 9.00 Å². The minimum absolute atomic E-state index is 0.0458. The third kappa shape index (κ3) is 3.91. The molecule has 0 radical (unpaired) electrons. The van der Waals surface area contributed by atoms with Gasteiger partial charge in [-0.15, -0.1) is 0 Å². The van der Waals surface area contributed by atoms with E-state index in [1.807, 2.05) is 12.1 Å². The minimum Gasteiger partial charge on any atom is -0.475 e. The highest BCUT2D eigenvalue weighted by molar-refractivity contribution is 7.84. The van der Waals surface area contributed by atoms with Crippen LogP contribution in [-0.2, 0) is 17.3 Å². The molecule has 1 unspecified atom stereocenters. The van der Waals surface area contributed by atoms with Crippen LogP contribution in [0.15, 0.2) is 28.7 Å². The van der Waals surface area contributed by atoms with Crippen molar-refractivity contribution in [2.45, 2.75) is 13.0 Å². The maximum absolute atomic E-state index is 10.9. The van der Waals surface area contributed by atoms with Crippen LogP contribution in [0.2, 0.25) is 0 Å². The molecule has 108 valence electrons. The third-order valence-electron chi connectivity index (χ3n) is 2.91. The van der Waals surface area contributed by atoms with Gasteiger partial charge in [0, 0.05) is 34.7 Å². The Hall–Kier alpha value is -1.66. The summed E-state index contributed by atoms with van der Waals surface area (Å²) in [5.41, 5.74) is 1.64. The van der Waals surface area contributed by atoms with Crippen molar-refractivity contribution >= 4 is 27.7 Å². The Morgan fingerprint density at radius 3 is 2.90 bits per heavy atom. The maximum atomic E-state index is 10.9. The number of rotatable bonds is 7. The molecule has 0 bridgehead atoms. The quantitative estimate of drug-likeness (QED) is 0.764.